The quantitative estimate of drug-likeness (QED) is 0.902. The molecule has 19 heavy (non-hydrogen) atoms. The van der Waals surface area contributed by atoms with E-state index >= 15 is 0 Å². The number of rotatable bonds is 5. The summed E-state index contributed by atoms with van der Waals surface area (Å²) in [7, 11) is 1.88. The van der Waals surface area contributed by atoms with E-state index in [0.29, 0.717) is 10.9 Å². The van der Waals surface area contributed by atoms with Gasteiger partial charge in [0.15, 0.2) is 0 Å². The van der Waals surface area contributed by atoms with Crippen molar-refractivity contribution in [2.75, 3.05) is 7.05 Å². The van der Waals surface area contributed by atoms with Crippen LogP contribution in [0.4, 0.5) is 0 Å². The van der Waals surface area contributed by atoms with Gasteiger partial charge >= 0.3 is 0 Å². The molecule has 2 aromatic rings. The van der Waals surface area contributed by atoms with Crippen molar-refractivity contribution in [3.8, 4) is 11.6 Å². The molecule has 0 unspecified atom stereocenters. The molecule has 100 valence electrons. The van der Waals surface area contributed by atoms with Crippen LogP contribution in [0.1, 0.15) is 18.1 Å². The first-order chi connectivity index (χ1) is 9.22. The van der Waals surface area contributed by atoms with Gasteiger partial charge < -0.3 is 10.1 Å². The highest BCUT2D eigenvalue weighted by molar-refractivity contribution is 6.31. The van der Waals surface area contributed by atoms with Crippen LogP contribution in [0.3, 0.4) is 0 Å². The molecule has 0 saturated carbocycles. The minimum absolute atomic E-state index is 0.440. The Hall–Kier alpha value is -1.58. The first kappa shape index (κ1) is 13.8. The van der Waals surface area contributed by atoms with Gasteiger partial charge in [-0.3, -0.25) is 0 Å². The highest BCUT2D eigenvalue weighted by Gasteiger charge is 2.06. The molecular formula is C15H17ClN2O. The smallest absolute Gasteiger partial charge is 0.238 e. The number of nitrogens with one attached hydrogen (secondary N) is 1. The number of aryl methyl sites for hydroxylation is 1. The summed E-state index contributed by atoms with van der Waals surface area (Å²) in [4.78, 5) is 4.25. The third-order valence-corrected chi connectivity index (χ3v) is 3.04. The monoisotopic (exact) mass is 276 g/mol. The number of nitrogens with zero attached hydrogens (tertiary/aromatic N) is 1. The second-order valence-electron chi connectivity index (χ2n) is 4.26. The number of benzene rings is 1. The minimum atomic E-state index is 0.440. The van der Waals surface area contributed by atoms with Crippen LogP contribution in [0, 0.1) is 0 Å². The van der Waals surface area contributed by atoms with Crippen LogP contribution in [0.2, 0.25) is 5.02 Å². The zero-order chi connectivity index (χ0) is 13.7. The zero-order valence-corrected chi connectivity index (χ0v) is 11.9. The molecule has 0 aliphatic rings. The Morgan fingerprint density at radius 1 is 1.26 bits per heavy atom. The van der Waals surface area contributed by atoms with Gasteiger partial charge in [0.2, 0.25) is 5.88 Å². The van der Waals surface area contributed by atoms with Crippen molar-refractivity contribution < 1.29 is 4.74 Å². The lowest BCUT2D eigenvalue weighted by molar-refractivity contribution is 0.462. The average molecular weight is 277 g/mol. The van der Waals surface area contributed by atoms with E-state index in [0.717, 1.165) is 24.3 Å². The molecule has 0 spiro atoms. The van der Waals surface area contributed by atoms with Crippen LogP contribution < -0.4 is 10.1 Å². The SMILES string of the molecule is CCc1cccc(Oc2ncc(CNC)cc2Cl)c1. The Morgan fingerprint density at radius 2 is 2.11 bits per heavy atom. The second kappa shape index (κ2) is 6.55. The summed E-state index contributed by atoms with van der Waals surface area (Å²) in [5.74, 6) is 1.20. The Kier molecular flexibility index (Phi) is 4.77. The number of halogens is 1. The number of hydrogen-bond acceptors (Lipinski definition) is 3. The number of aromatic nitrogens is 1. The summed E-state index contributed by atoms with van der Waals surface area (Å²) in [5, 5.41) is 3.58. The Labute approximate surface area is 118 Å². The molecule has 0 aliphatic heterocycles. The van der Waals surface area contributed by atoms with Crippen LogP contribution in [0.15, 0.2) is 36.5 Å². The Morgan fingerprint density at radius 3 is 2.79 bits per heavy atom. The van der Waals surface area contributed by atoms with Crippen molar-refractivity contribution in [2.24, 2.45) is 0 Å². The van der Waals surface area contributed by atoms with Gasteiger partial charge in [-0.1, -0.05) is 30.7 Å². The predicted octanol–water partition coefficient (Wildman–Crippen LogP) is 3.81. The molecule has 1 N–H and O–H groups in total. The molecule has 1 aromatic heterocycles. The van der Waals surface area contributed by atoms with Crippen LogP contribution in [-0.2, 0) is 13.0 Å². The maximum absolute atomic E-state index is 6.17. The summed E-state index contributed by atoms with van der Waals surface area (Å²) in [5.41, 5.74) is 2.25. The van der Waals surface area contributed by atoms with E-state index in [1.165, 1.54) is 5.56 Å². The summed E-state index contributed by atoms with van der Waals surface area (Å²) >= 11 is 6.17. The molecule has 0 aliphatic carbocycles. The summed E-state index contributed by atoms with van der Waals surface area (Å²) < 4.78 is 5.72. The molecule has 0 bridgehead atoms. The molecule has 3 nitrogen and oxygen atoms in total. The third-order valence-electron chi connectivity index (χ3n) is 2.77. The summed E-state index contributed by atoms with van der Waals surface area (Å²) in [6, 6.07) is 9.80. The molecule has 2 rings (SSSR count). The minimum Gasteiger partial charge on any atom is -0.438 e. The fourth-order valence-electron chi connectivity index (χ4n) is 1.78. The molecule has 0 amide bonds. The van der Waals surface area contributed by atoms with Gasteiger partial charge in [-0.15, -0.1) is 0 Å². The molecule has 4 heteroatoms. The van der Waals surface area contributed by atoms with Gasteiger partial charge in [-0.25, -0.2) is 4.98 Å². The molecule has 0 saturated heterocycles. The maximum atomic E-state index is 6.17. The van der Waals surface area contributed by atoms with Gasteiger partial charge in [0.1, 0.15) is 10.8 Å². The van der Waals surface area contributed by atoms with E-state index in [9.17, 15) is 0 Å². The fraction of sp³-hybridized carbons (Fsp3) is 0.267. The molecule has 0 fully saturated rings. The van der Waals surface area contributed by atoms with Gasteiger partial charge in [0.05, 0.1) is 0 Å². The Balaban J connectivity index is 2.18. The van der Waals surface area contributed by atoms with Crippen molar-refractivity contribution in [1.82, 2.24) is 10.3 Å². The molecule has 0 radical (unpaired) electrons. The van der Waals surface area contributed by atoms with Gasteiger partial charge in [0, 0.05) is 12.7 Å². The number of pyridine rings is 1. The second-order valence-corrected chi connectivity index (χ2v) is 4.67. The number of ether oxygens (including phenoxy) is 1. The van der Waals surface area contributed by atoms with Crippen LogP contribution in [-0.4, -0.2) is 12.0 Å². The first-order valence-electron chi connectivity index (χ1n) is 6.28. The van der Waals surface area contributed by atoms with Crippen molar-refractivity contribution in [1.29, 1.82) is 0 Å². The van der Waals surface area contributed by atoms with E-state index < -0.39 is 0 Å². The van der Waals surface area contributed by atoms with E-state index in [1.807, 2.05) is 31.3 Å². The van der Waals surface area contributed by atoms with Crippen molar-refractivity contribution in [3.05, 3.63) is 52.7 Å². The van der Waals surface area contributed by atoms with Gasteiger partial charge in [-0.05, 0) is 42.8 Å². The number of hydrogen-bond donors (Lipinski definition) is 1. The van der Waals surface area contributed by atoms with Crippen LogP contribution in [0.5, 0.6) is 11.6 Å². The van der Waals surface area contributed by atoms with Crippen molar-refractivity contribution in [2.45, 2.75) is 19.9 Å². The maximum Gasteiger partial charge on any atom is 0.238 e. The predicted molar refractivity (Wildman–Crippen MR) is 77.9 cm³/mol. The molecular weight excluding hydrogens is 260 g/mol. The highest BCUT2D eigenvalue weighted by Crippen LogP contribution is 2.28. The van der Waals surface area contributed by atoms with E-state index in [4.69, 9.17) is 16.3 Å². The van der Waals surface area contributed by atoms with Crippen LogP contribution in [0.25, 0.3) is 0 Å². The average Bonchev–Trinajstić information content (AvgIpc) is 2.42. The van der Waals surface area contributed by atoms with Gasteiger partial charge in [0.25, 0.3) is 0 Å². The van der Waals surface area contributed by atoms with Crippen molar-refractivity contribution >= 4 is 11.6 Å². The lowest BCUT2D eigenvalue weighted by Crippen LogP contribution is -2.05. The van der Waals surface area contributed by atoms with Crippen molar-refractivity contribution in [3.63, 3.8) is 0 Å². The first-order valence-corrected chi connectivity index (χ1v) is 6.66. The zero-order valence-electron chi connectivity index (χ0n) is 11.1. The molecule has 0 atom stereocenters. The lowest BCUT2D eigenvalue weighted by atomic mass is 10.2. The van der Waals surface area contributed by atoms with E-state index in [1.54, 1.807) is 6.20 Å². The topological polar surface area (TPSA) is 34.1 Å². The molecule has 1 heterocycles. The third kappa shape index (κ3) is 3.69. The largest absolute Gasteiger partial charge is 0.438 e. The highest BCUT2D eigenvalue weighted by atomic mass is 35.5. The van der Waals surface area contributed by atoms with Crippen LogP contribution >= 0.6 is 11.6 Å². The summed E-state index contributed by atoms with van der Waals surface area (Å²) in [6.45, 7) is 2.84. The fourth-order valence-corrected chi connectivity index (χ4v) is 2.01. The van der Waals surface area contributed by atoms with E-state index in [2.05, 4.69) is 23.3 Å². The molecule has 1 aromatic carbocycles. The normalized spacial score (nSPS) is 10.5. The summed E-state index contributed by atoms with van der Waals surface area (Å²) in [6.07, 6.45) is 2.74. The lowest BCUT2D eigenvalue weighted by Gasteiger charge is -2.09. The van der Waals surface area contributed by atoms with Gasteiger partial charge in [-0.2, -0.15) is 0 Å². The van der Waals surface area contributed by atoms with E-state index in [-0.39, 0.29) is 0 Å². The Bertz CT molecular complexity index is 558. The standard InChI is InChI=1S/C15H17ClN2O/c1-3-11-5-4-6-13(7-11)19-15-14(16)8-12(9-17-2)10-18-15/h4-8,10,17H,3,9H2,1-2H3.